The molecule has 0 spiro atoms. The van der Waals surface area contributed by atoms with Crippen molar-refractivity contribution in [2.75, 3.05) is 27.0 Å². The van der Waals surface area contributed by atoms with Gasteiger partial charge in [0, 0.05) is 17.9 Å². The van der Waals surface area contributed by atoms with Gasteiger partial charge in [-0.2, -0.15) is 0 Å². The van der Waals surface area contributed by atoms with Crippen molar-refractivity contribution in [3.05, 3.63) is 109 Å². The molecule has 0 aliphatic heterocycles. The summed E-state index contributed by atoms with van der Waals surface area (Å²) in [5.74, 6) is 0. The highest BCUT2D eigenvalue weighted by molar-refractivity contribution is 7.93. The molecule has 5 N–H and O–H groups in total. The van der Waals surface area contributed by atoms with Crippen LogP contribution in [0.4, 0.5) is 22.7 Å². The minimum Gasteiger partial charge on any atom is -0.399 e. The summed E-state index contributed by atoms with van der Waals surface area (Å²) >= 11 is 0. The van der Waals surface area contributed by atoms with Gasteiger partial charge in [-0.25, -0.2) is 16.8 Å². The zero-order valence-corrected chi connectivity index (χ0v) is 21.3. The van der Waals surface area contributed by atoms with Crippen LogP contribution < -0.4 is 20.5 Å². The maximum atomic E-state index is 12.6. The van der Waals surface area contributed by atoms with E-state index < -0.39 is 20.0 Å². The number of hydrogen-bond acceptors (Lipinski definition) is 6. The molecule has 4 aromatic rings. The largest absolute Gasteiger partial charge is 0.399 e. The van der Waals surface area contributed by atoms with Crippen LogP contribution in [0.3, 0.4) is 0 Å². The molecule has 0 radical (unpaired) electrons. The zero-order chi connectivity index (χ0) is 26.2. The lowest BCUT2D eigenvalue weighted by Gasteiger charge is -2.23. The minimum absolute atomic E-state index is 0.140. The first-order valence-electron chi connectivity index (χ1n) is 11.0. The Morgan fingerprint density at radius 2 is 1.31 bits per heavy atom. The van der Waals surface area contributed by atoms with Crippen LogP contribution in [-0.4, -0.2) is 23.4 Å². The number of sulfonamides is 2. The van der Waals surface area contributed by atoms with E-state index in [9.17, 15) is 16.8 Å². The molecule has 188 valence electrons. The number of anilines is 4. The molecule has 0 heterocycles. The summed E-state index contributed by atoms with van der Waals surface area (Å²) < 4.78 is 53.1. The van der Waals surface area contributed by atoms with E-state index in [2.05, 4.69) is 4.72 Å². The highest BCUT2D eigenvalue weighted by Crippen LogP contribution is 2.26. The summed E-state index contributed by atoms with van der Waals surface area (Å²) in [6.07, 6.45) is 0. The van der Waals surface area contributed by atoms with E-state index in [1.807, 2.05) is 24.3 Å². The van der Waals surface area contributed by atoms with Crippen LogP contribution in [-0.2, 0) is 20.0 Å². The van der Waals surface area contributed by atoms with Gasteiger partial charge in [-0.15, -0.1) is 0 Å². The van der Waals surface area contributed by atoms with Crippen molar-refractivity contribution in [2.45, 2.75) is 16.7 Å². The van der Waals surface area contributed by atoms with Crippen LogP contribution in [0.5, 0.6) is 0 Å². The predicted octanol–water partition coefficient (Wildman–Crippen LogP) is 4.55. The quantitative estimate of drug-likeness (QED) is 0.303. The lowest BCUT2D eigenvalue weighted by atomic mass is 10.3. The number of nitrogens with zero attached hydrogens (tertiary/aromatic N) is 1. The normalized spacial score (nSPS) is 11.1. The maximum absolute atomic E-state index is 12.6. The van der Waals surface area contributed by atoms with Crippen LogP contribution in [0.2, 0.25) is 0 Å². The van der Waals surface area contributed by atoms with Crippen molar-refractivity contribution in [1.82, 2.24) is 0 Å². The minimum atomic E-state index is -3.63. The SMILES string of the molecule is CCN(c1ccccc1)S(=O)(=O)c1ccccc1N.Nc1cccc(S(=O)(=O)Nc2ccccc2)c1. The van der Waals surface area contributed by atoms with Crippen molar-refractivity contribution < 1.29 is 16.8 Å². The van der Waals surface area contributed by atoms with E-state index in [-0.39, 0.29) is 15.5 Å². The molecular weight excluding hydrogens is 496 g/mol. The Labute approximate surface area is 212 Å². The van der Waals surface area contributed by atoms with Gasteiger partial charge in [-0.3, -0.25) is 9.03 Å². The molecular formula is C26H28N4O4S2. The van der Waals surface area contributed by atoms with Gasteiger partial charge in [-0.1, -0.05) is 54.6 Å². The topological polar surface area (TPSA) is 136 Å². The Kier molecular flexibility index (Phi) is 8.57. The molecule has 0 unspecified atom stereocenters. The first-order valence-corrected chi connectivity index (χ1v) is 13.9. The van der Waals surface area contributed by atoms with Crippen LogP contribution in [0.25, 0.3) is 0 Å². The maximum Gasteiger partial charge on any atom is 0.266 e. The second kappa shape index (κ2) is 11.6. The molecule has 4 aromatic carbocycles. The molecule has 0 amide bonds. The fraction of sp³-hybridized carbons (Fsp3) is 0.0769. The molecule has 0 fully saturated rings. The third-order valence-corrected chi connectivity index (χ3v) is 8.37. The number of nitrogens with one attached hydrogen (secondary N) is 1. The summed E-state index contributed by atoms with van der Waals surface area (Å²) in [4.78, 5) is 0.294. The highest BCUT2D eigenvalue weighted by Gasteiger charge is 2.25. The second-order valence-electron chi connectivity index (χ2n) is 7.59. The summed E-state index contributed by atoms with van der Waals surface area (Å²) in [5.41, 5.74) is 13.2. The Hall–Kier alpha value is -4.02. The standard InChI is InChI=1S/C14H16N2O2S.C12H12N2O2S/c1-2-16(12-8-4-3-5-9-12)19(17,18)14-11-7-6-10-13(14)15;13-10-5-4-8-12(9-10)17(15,16)14-11-6-2-1-3-7-11/h3-11H,2,15H2,1H3;1-9,14H,13H2. The number of hydrogen-bond donors (Lipinski definition) is 3. The molecule has 0 aliphatic carbocycles. The third-order valence-electron chi connectivity index (χ3n) is 5.01. The average molecular weight is 525 g/mol. The van der Waals surface area contributed by atoms with Gasteiger partial charge in [0.15, 0.2) is 0 Å². The molecule has 36 heavy (non-hydrogen) atoms. The number of nitrogen functional groups attached to an aromatic ring is 2. The summed E-state index contributed by atoms with van der Waals surface area (Å²) in [6.45, 7) is 2.14. The van der Waals surface area contributed by atoms with E-state index in [1.165, 1.54) is 22.5 Å². The Balaban J connectivity index is 0.000000202. The van der Waals surface area contributed by atoms with E-state index in [4.69, 9.17) is 11.5 Å². The average Bonchev–Trinajstić information content (AvgIpc) is 2.86. The monoisotopic (exact) mass is 524 g/mol. The van der Waals surface area contributed by atoms with Crippen molar-refractivity contribution in [2.24, 2.45) is 0 Å². The molecule has 4 rings (SSSR count). The molecule has 8 nitrogen and oxygen atoms in total. The molecule has 0 saturated heterocycles. The third kappa shape index (κ3) is 6.55. The fourth-order valence-electron chi connectivity index (χ4n) is 3.32. The van der Waals surface area contributed by atoms with Gasteiger partial charge < -0.3 is 11.5 Å². The lowest BCUT2D eigenvalue weighted by molar-refractivity contribution is 0.592. The predicted molar refractivity (Wildman–Crippen MR) is 146 cm³/mol. The zero-order valence-electron chi connectivity index (χ0n) is 19.7. The lowest BCUT2D eigenvalue weighted by Crippen LogP contribution is -2.31. The summed E-state index contributed by atoms with van der Waals surface area (Å²) in [6, 6.07) is 30.4. The van der Waals surface area contributed by atoms with Crippen LogP contribution in [0, 0.1) is 0 Å². The number of rotatable bonds is 7. The summed E-state index contributed by atoms with van der Waals surface area (Å²) in [7, 11) is -7.19. The molecule has 0 aliphatic rings. The first kappa shape index (κ1) is 26.6. The van der Waals surface area contributed by atoms with Gasteiger partial charge in [0.25, 0.3) is 20.0 Å². The number of nitrogens with two attached hydrogens (primary N) is 2. The van der Waals surface area contributed by atoms with Crippen molar-refractivity contribution in [3.63, 3.8) is 0 Å². The highest BCUT2D eigenvalue weighted by atomic mass is 32.2. The smallest absolute Gasteiger partial charge is 0.266 e. The Bertz CT molecular complexity index is 1500. The number of para-hydroxylation sites is 3. The first-order chi connectivity index (χ1) is 17.1. The van der Waals surface area contributed by atoms with E-state index in [1.54, 1.807) is 73.7 Å². The van der Waals surface area contributed by atoms with E-state index >= 15 is 0 Å². The van der Waals surface area contributed by atoms with E-state index in [0.717, 1.165) is 0 Å². The van der Waals surface area contributed by atoms with Crippen LogP contribution in [0.1, 0.15) is 6.92 Å². The van der Waals surface area contributed by atoms with Crippen LogP contribution in [0.15, 0.2) is 119 Å². The van der Waals surface area contributed by atoms with Gasteiger partial charge in [-0.05, 0) is 61.5 Å². The van der Waals surface area contributed by atoms with Crippen molar-refractivity contribution in [1.29, 1.82) is 0 Å². The molecule has 0 bridgehead atoms. The van der Waals surface area contributed by atoms with Gasteiger partial charge in [0.2, 0.25) is 0 Å². The fourth-order valence-corrected chi connectivity index (χ4v) is 6.03. The van der Waals surface area contributed by atoms with Gasteiger partial charge in [0.05, 0.1) is 16.3 Å². The molecule has 0 atom stereocenters. The summed E-state index contributed by atoms with van der Waals surface area (Å²) in [5, 5.41) is 0. The Morgan fingerprint density at radius 3 is 1.89 bits per heavy atom. The van der Waals surface area contributed by atoms with Crippen LogP contribution >= 0.6 is 0 Å². The molecule has 10 heteroatoms. The van der Waals surface area contributed by atoms with Gasteiger partial charge >= 0.3 is 0 Å². The number of benzene rings is 4. The van der Waals surface area contributed by atoms with Crippen molar-refractivity contribution >= 4 is 42.8 Å². The molecule has 0 saturated carbocycles. The van der Waals surface area contributed by atoms with E-state index in [0.29, 0.717) is 23.6 Å². The van der Waals surface area contributed by atoms with Crippen molar-refractivity contribution in [3.8, 4) is 0 Å². The van der Waals surface area contributed by atoms with Gasteiger partial charge in [0.1, 0.15) is 4.90 Å². The Morgan fingerprint density at radius 1 is 0.722 bits per heavy atom. The second-order valence-corrected chi connectivity index (χ2v) is 11.1. The molecule has 0 aromatic heterocycles.